The van der Waals surface area contributed by atoms with E-state index in [0.717, 1.165) is 42.8 Å². The fraction of sp³-hybridized carbons (Fsp3) is 0.538. The predicted octanol–water partition coefficient (Wildman–Crippen LogP) is 3.98. The van der Waals surface area contributed by atoms with Gasteiger partial charge in [0.15, 0.2) is 0 Å². The summed E-state index contributed by atoms with van der Waals surface area (Å²) in [6, 6.07) is 7.33. The van der Waals surface area contributed by atoms with Crippen molar-refractivity contribution in [1.29, 1.82) is 0 Å². The Labute approximate surface area is 196 Å². The number of hydrogen-bond donors (Lipinski definition) is 1. The van der Waals surface area contributed by atoms with E-state index in [1.54, 1.807) is 6.07 Å². The van der Waals surface area contributed by atoms with Gasteiger partial charge in [0.2, 0.25) is 17.8 Å². The highest BCUT2D eigenvalue weighted by Crippen LogP contribution is 2.35. The minimum absolute atomic E-state index is 0.234. The lowest BCUT2D eigenvalue weighted by molar-refractivity contribution is -0.133. The SMILES string of the molecule is CN(C)c1ncc(-c2cccc(C(N)=O)c2)c(C2CCN(C(=O)CC3CCCCC3)CC2)n1. The Balaban J connectivity index is 1.52. The molecule has 2 aliphatic rings. The Kier molecular flexibility index (Phi) is 7.26. The van der Waals surface area contributed by atoms with E-state index in [0.29, 0.717) is 29.8 Å². The molecule has 2 heterocycles. The van der Waals surface area contributed by atoms with Gasteiger partial charge in [-0.05, 0) is 49.3 Å². The van der Waals surface area contributed by atoms with Crippen molar-refractivity contribution in [1.82, 2.24) is 14.9 Å². The number of aromatic nitrogens is 2. The molecule has 1 aromatic carbocycles. The zero-order valence-electron chi connectivity index (χ0n) is 19.8. The molecule has 0 spiro atoms. The van der Waals surface area contributed by atoms with Gasteiger partial charge in [0.05, 0.1) is 5.69 Å². The van der Waals surface area contributed by atoms with Crippen LogP contribution in [0.5, 0.6) is 0 Å². The Morgan fingerprint density at radius 1 is 1.09 bits per heavy atom. The molecule has 0 unspecified atom stereocenters. The van der Waals surface area contributed by atoms with Crippen molar-refractivity contribution in [3.05, 3.63) is 41.7 Å². The van der Waals surface area contributed by atoms with Crippen LogP contribution in [0.15, 0.2) is 30.5 Å². The summed E-state index contributed by atoms with van der Waals surface area (Å²) in [5, 5.41) is 0. The van der Waals surface area contributed by atoms with Gasteiger partial charge in [-0.3, -0.25) is 9.59 Å². The summed E-state index contributed by atoms with van der Waals surface area (Å²) in [4.78, 5) is 38.0. The normalized spacial score (nSPS) is 17.7. The van der Waals surface area contributed by atoms with E-state index in [-0.39, 0.29) is 5.92 Å². The first-order chi connectivity index (χ1) is 15.9. The molecule has 7 heteroatoms. The molecule has 1 saturated heterocycles. The van der Waals surface area contributed by atoms with Crippen molar-refractivity contribution in [2.24, 2.45) is 11.7 Å². The average molecular weight is 450 g/mol. The molecular formula is C26H35N5O2. The Hall–Kier alpha value is -2.96. The van der Waals surface area contributed by atoms with E-state index < -0.39 is 5.91 Å². The lowest BCUT2D eigenvalue weighted by Crippen LogP contribution is -2.39. The summed E-state index contributed by atoms with van der Waals surface area (Å²) in [5.74, 6) is 1.33. The number of nitrogens with two attached hydrogens (primary N) is 1. The molecule has 1 saturated carbocycles. The summed E-state index contributed by atoms with van der Waals surface area (Å²) < 4.78 is 0. The number of likely N-dealkylation sites (tertiary alicyclic amines) is 1. The van der Waals surface area contributed by atoms with Gasteiger partial charge in [0.1, 0.15) is 0 Å². The highest BCUT2D eigenvalue weighted by molar-refractivity contribution is 5.94. The van der Waals surface area contributed by atoms with Crippen molar-refractivity contribution >= 4 is 17.8 Å². The van der Waals surface area contributed by atoms with Crippen LogP contribution >= 0.6 is 0 Å². The van der Waals surface area contributed by atoms with Crippen molar-refractivity contribution in [3.8, 4) is 11.1 Å². The molecule has 1 aliphatic heterocycles. The number of nitrogens with zero attached hydrogens (tertiary/aromatic N) is 4. The quantitative estimate of drug-likeness (QED) is 0.720. The number of carbonyl (C=O) groups is 2. The monoisotopic (exact) mass is 449 g/mol. The average Bonchev–Trinajstić information content (AvgIpc) is 2.84. The summed E-state index contributed by atoms with van der Waals surface area (Å²) in [7, 11) is 3.86. The third-order valence-corrected chi connectivity index (χ3v) is 7.09. The van der Waals surface area contributed by atoms with Crippen LogP contribution in [0, 0.1) is 5.92 Å². The number of piperidine rings is 1. The third-order valence-electron chi connectivity index (χ3n) is 7.09. The van der Waals surface area contributed by atoms with E-state index in [9.17, 15) is 9.59 Å². The fourth-order valence-corrected chi connectivity index (χ4v) is 5.14. The first kappa shape index (κ1) is 23.2. The van der Waals surface area contributed by atoms with Crippen molar-refractivity contribution in [3.63, 3.8) is 0 Å². The minimum atomic E-state index is -0.450. The number of amides is 2. The summed E-state index contributed by atoms with van der Waals surface area (Å²) in [5.41, 5.74) is 8.77. The van der Waals surface area contributed by atoms with Crippen molar-refractivity contribution in [2.45, 2.75) is 57.3 Å². The highest BCUT2D eigenvalue weighted by atomic mass is 16.2. The van der Waals surface area contributed by atoms with Gasteiger partial charge in [-0.1, -0.05) is 31.4 Å². The fourth-order valence-electron chi connectivity index (χ4n) is 5.14. The van der Waals surface area contributed by atoms with Crippen LogP contribution in [0.2, 0.25) is 0 Å². The lowest BCUT2D eigenvalue weighted by Gasteiger charge is -2.34. The molecule has 2 amide bonds. The van der Waals surface area contributed by atoms with Gasteiger partial charge in [0.25, 0.3) is 0 Å². The molecule has 2 fully saturated rings. The first-order valence-corrected chi connectivity index (χ1v) is 12.1. The number of primary amides is 1. The van der Waals surface area contributed by atoms with Crippen LogP contribution in [0.3, 0.4) is 0 Å². The zero-order chi connectivity index (χ0) is 23.4. The predicted molar refractivity (Wildman–Crippen MR) is 130 cm³/mol. The molecule has 2 N–H and O–H groups in total. The van der Waals surface area contributed by atoms with Crippen LogP contribution in [0.4, 0.5) is 5.95 Å². The van der Waals surface area contributed by atoms with Gasteiger partial charge in [-0.2, -0.15) is 0 Å². The van der Waals surface area contributed by atoms with Crippen molar-refractivity contribution < 1.29 is 9.59 Å². The zero-order valence-corrected chi connectivity index (χ0v) is 19.8. The Morgan fingerprint density at radius 3 is 2.48 bits per heavy atom. The molecule has 7 nitrogen and oxygen atoms in total. The smallest absolute Gasteiger partial charge is 0.248 e. The van der Waals surface area contributed by atoms with Crippen LogP contribution in [-0.2, 0) is 4.79 Å². The third kappa shape index (κ3) is 5.52. The van der Waals surface area contributed by atoms with Crippen LogP contribution in [-0.4, -0.2) is 53.9 Å². The maximum Gasteiger partial charge on any atom is 0.248 e. The van der Waals surface area contributed by atoms with E-state index in [1.807, 2.05) is 48.3 Å². The molecule has 2 aromatic rings. The molecule has 1 aromatic heterocycles. The second-order valence-corrected chi connectivity index (χ2v) is 9.67. The molecule has 1 aliphatic carbocycles. The Bertz CT molecular complexity index is 992. The second-order valence-electron chi connectivity index (χ2n) is 9.67. The van der Waals surface area contributed by atoms with Gasteiger partial charge in [-0.25, -0.2) is 9.97 Å². The van der Waals surface area contributed by atoms with Crippen LogP contribution < -0.4 is 10.6 Å². The second kappa shape index (κ2) is 10.3. The van der Waals surface area contributed by atoms with Gasteiger partial charge < -0.3 is 15.5 Å². The molecular weight excluding hydrogens is 414 g/mol. The molecule has 176 valence electrons. The largest absolute Gasteiger partial charge is 0.366 e. The number of rotatable bonds is 6. The number of benzene rings is 1. The minimum Gasteiger partial charge on any atom is -0.366 e. The van der Waals surface area contributed by atoms with E-state index >= 15 is 0 Å². The maximum atomic E-state index is 12.9. The van der Waals surface area contributed by atoms with Gasteiger partial charge in [-0.15, -0.1) is 0 Å². The molecule has 4 rings (SSSR count). The first-order valence-electron chi connectivity index (χ1n) is 12.1. The van der Waals surface area contributed by atoms with E-state index in [2.05, 4.69) is 4.98 Å². The lowest BCUT2D eigenvalue weighted by atomic mass is 9.85. The highest BCUT2D eigenvalue weighted by Gasteiger charge is 2.29. The molecule has 0 atom stereocenters. The standard InChI is InChI=1S/C26H35N5O2/c1-30(2)26-28-17-22(20-9-6-10-21(16-20)25(27)33)24(29-26)19-11-13-31(14-12-19)23(32)15-18-7-4-3-5-8-18/h6,9-10,16-19H,3-5,7-8,11-15H2,1-2H3,(H2,27,33). The van der Waals surface area contributed by atoms with E-state index in [1.165, 1.54) is 32.1 Å². The summed E-state index contributed by atoms with van der Waals surface area (Å²) in [6.07, 6.45) is 10.5. The number of carbonyl (C=O) groups excluding carboxylic acids is 2. The number of hydrogen-bond acceptors (Lipinski definition) is 5. The molecule has 0 radical (unpaired) electrons. The summed E-state index contributed by atoms with van der Waals surface area (Å²) >= 11 is 0. The molecule has 0 bridgehead atoms. The van der Waals surface area contributed by atoms with Crippen LogP contribution in [0.1, 0.15) is 73.3 Å². The number of anilines is 1. The Morgan fingerprint density at radius 2 is 1.82 bits per heavy atom. The van der Waals surface area contributed by atoms with Gasteiger partial charge in [0, 0.05) is 56.8 Å². The summed E-state index contributed by atoms with van der Waals surface area (Å²) in [6.45, 7) is 1.52. The van der Waals surface area contributed by atoms with Crippen LogP contribution in [0.25, 0.3) is 11.1 Å². The van der Waals surface area contributed by atoms with Crippen molar-refractivity contribution in [2.75, 3.05) is 32.1 Å². The topological polar surface area (TPSA) is 92.4 Å². The maximum absolute atomic E-state index is 12.9. The van der Waals surface area contributed by atoms with E-state index in [4.69, 9.17) is 10.7 Å². The van der Waals surface area contributed by atoms with Gasteiger partial charge >= 0.3 is 0 Å². The molecule has 33 heavy (non-hydrogen) atoms.